The van der Waals surface area contributed by atoms with Gasteiger partial charge in [0.05, 0.1) is 32.1 Å². The molecule has 2 heterocycles. The van der Waals surface area contributed by atoms with Crippen LogP contribution >= 0.6 is 12.2 Å². The van der Waals surface area contributed by atoms with Crippen LogP contribution in [0.5, 0.6) is 0 Å². The van der Waals surface area contributed by atoms with Crippen LogP contribution in [0.15, 0.2) is 18.3 Å². The second kappa shape index (κ2) is 9.23. The SMILES string of the molecule is COC(=S)NCc1cn(-c2cc(F)c(N3CCN(CC(C)=O)CC3)c(F)c2)nn1. The molecule has 2 aromatic rings. The molecule has 1 aliphatic heterocycles. The zero-order chi connectivity index (χ0) is 21.0. The topological polar surface area (TPSA) is 75.5 Å². The highest BCUT2D eigenvalue weighted by Crippen LogP contribution is 2.27. The normalized spacial score (nSPS) is 14.7. The van der Waals surface area contributed by atoms with E-state index in [1.807, 2.05) is 4.90 Å². The molecule has 8 nitrogen and oxygen atoms in total. The van der Waals surface area contributed by atoms with Crippen molar-refractivity contribution < 1.29 is 18.3 Å². The summed E-state index contributed by atoms with van der Waals surface area (Å²) in [6.45, 7) is 4.20. The first kappa shape index (κ1) is 21.1. The predicted octanol–water partition coefficient (Wildman–Crippen LogP) is 1.28. The van der Waals surface area contributed by atoms with Gasteiger partial charge in [0.15, 0.2) is 11.6 Å². The first-order chi connectivity index (χ1) is 13.9. The molecular weight excluding hydrogens is 402 g/mol. The van der Waals surface area contributed by atoms with E-state index < -0.39 is 11.6 Å². The molecule has 3 rings (SSSR count). The quantitative estimate of drug-likeness (QED) is 0.696. The number of hydrogen-bond acceptors (Lipinski definition) is 7. The van der Waals surface area contributed by atoms with Crippen molar-refractivity contribution >= 4 is 28.9 Å². The monoisotopic (exact) mass is 424 g/mol. The first-order valence-electron chi connectivity index (χ1n) is 9.06. The molecule has 156 valence electrons. The number of nitrogens with zero attached hydrogens (tertiary/aromatic N) is 5. The number of benzene rings is 1. The summed E-state index contributed by atoms with van der Waals surface area (Å²) >= 11 is 4.88. The predicted molar refractivity (Wildman–Crippen MR) is 107 cm³/mol. The fourth-order valence-corrected chi connectivity index (χ4v) is 3.24. The number of ketones is 1. The molecule has 1 fully saturated rings. The lowest BCUT2D eigenvalue weighted by molar-refractivity contribution is -0.118. The van der Waals surface area contributed by atoms with E-state index in [1.165, 1.54) is 30.8 Å². The Balaban J connectivity index is 1.71. The Kier molecular flexibility index (Phi) is 6.70. The fraction of sp³-hybridized carbons (Fsp3) is 0.444. The summed E-state index contributed by atoms with van der Waals surface area (Å²) in [5, 5.41) is 10.9. The molecule has 1 saturated heterocycles. The van der Waals surface area contributed by atoms with Crippen LogP contribution in [0, 0.1) is 11.6 Å². The lowest BCUT2D eigenvalue weighted by Gasteiger charge is -2.35. The number of aromatic nitrogens is 3. The van der Waals surface area contributed by atoms with Crippen molar-refractivity contribution in [2.75, 3.05) is 44.7 Å². The van der Waals surface area contributed by atoms with Gasteiger partial charge >= 0.3 is 0 Å². The number of methoxy groups -OCH3 is 1. The highest BCUT2D eigenvalue weighted by atomic mass is 32.1. The van der Waals surface area contributed by atoms with Crippen LogP contribution < -0.4 is 10.2 Å². The molecule has 0 bridgehead atoms. The van der Waals surface area contributed by atoms with Crippen molar-refractivity contribution in [1.82, 2.24) is 25.2 Å². The summed E-state index contributed by atoms with van der Waals surface area (Å²) < 4.78 is 35.6. The lowest BCUT2D eigenvalue weighted by atomic mass is 10.2. The molecule has 0 radical (unpaired) electrons. The molecule has 1 aromatic heterocycles. The van der Waals surface area contributed by atoms with Gasteiger partial charge in [0.1, 0.15) is 17.2 Å². The first-order valence-corrected chi connectivity index (χ1v) is 9.47. The van der Waals surface area contributed by atoms with E-state index in [1.54, 1.807) is 11.1 Å². The van der Waals surface area contributed by atoms with Crippen LogP contribution in [0.3, 0.4) is 0 Å². The number of hydrogen-bond donors (Lipinski definition) is 1. The standard InChI is InChI=1S/C18H22F2N6O2S/c1-12(27)10-24-3-5-25(6-4-24)17-15(19)7-14(8-16(17)20)26-11-13(22-23-26)9-21-18(29)28-2/h7-8,11H,3-6,9-10H2,1-2H3,(H,21,29). The molecule has 1 aliphatic rings. The largest absolute Gasteiger partial charge is 0.474 e. The number of anilines is 1. The number of rotatable bonds is 6. The maximum atomic E-state index is 14.7. The van der Waals surface area contributed by atoms with Crippen molar-refractivity contribution in [3.63, 3.8) is 0 Å². The number of Topliss-reactive ketones (excluding diaryl/α,β-unsaturated/α-hetero) is 1. The van der Waals surface area contributed by atoms with E-state index in [0.29, 0.717) is 38.4 Å². The molecule has 1 N–H and O–H groups in total. The molecule has 0 unspecified atom stereocenters. The van der Waals surface area contributed by atoms with Gasteiger partial charge in [-0.1, -0.05) is 5.21 Å². The second-order valence-corrected chi connectivity index (χ2v) is 7.09. The maximum Gasteiger partial charge on any atom is 0.256 e. The highest BCUT2D eigenvalue weighted by Gasteiger charge is 2.24. The lowest BCUT2D eigenvalue weighted by Crippen LogP contribution is -2.48. The van der Waals surface area contributed by atoms with Crippen LogP contribution in [0.4, 0.5) is 14.5 Å². The minimum absolute atomic E-state index is 0.0660. The van der Waals surface area contributed by atoms with Gasteiger partial charge in [-0.3, -0.25) is 9.69 Å². The Morgan fingerprint density at radius 2 is 1.90 bits per heavy atom. The van der Waals surface area contributed by atoms with E-state index in [2.05, 4.69) is 15.6 Å². The van der Waals surface area contributed by atoms with E-state index in [-0.39, 0.29) is 28.9 Å². The molecule has 0 atom stereocenters. The van der Waals surface area contributed by atoms with Gasteiger partial charge in [0.25, 0.3) is 5.17 Å². The minimum Gasteiger partial charge on any atom is -0.474 e. The van der Waals surface area contributed by atoms with Crippen molar-refractivity contribution in [1.29, 1.82) is 0 Å². The average molecular weight is 424 g/mol. The molecule has 0 amide bonds. The summed E-state index contributed by atoms with van der Waals surface area (Å²) in [7, 11) is 1.45. The van der Waals surface area contributed by atoms with Gasteiger partial charge in [-0.25, -0.2) is 13.5 Å². The maximum absolute atomic E-state index is 14.7. The number of ether oxygens (including phenoxy) is 1. The number of halogens is 2. The third kappa shape index (κ3) is 5.24. The zero-order valence-corrected chi connectivity index (χ0v) is 17.0. The number of thiocarbonyl (C=S) groups is 1. The van der Waals surface area contributed by atoms with Gasteiger partial charge in [0, 0.05) is 38.3 Å². The third-order valence-electron chi connectivity index (χ3n) is 4.54. The third-order valence-corrected chi connectivity index (χ3v) is 4.85. The Morgan fingerprint density at radius 3 is 2.48 bits per heavy atom. The van der Waals surface area contributed by atoms with E-state index in [4.69, 9.17) is 17.0 Å². The van der Waals surface area contributed by atoms with Crippen molar-refractivity contribution in [2.45, 2.75) is 13.5 Å². The molecule has 0 saturated carbocycles. The number of carbonyl (C=O) groups excluding carboxylic acids is 1. The van der Waals surface area contributed by atoms with E-state index in [0.717, 1.165) is 0 Å². The summed E-state index contributed by atoms with van der Waals surface area (Å²) in [6.07, 6.45) is 1.56. The van der Waals surface area contributed by atoms with Gasteiger partial charge in [-0.05, 0) is 19.1 Å². The Morgan fingerprint density at radius 1 is 1.24 bits per heavy atom. The summed E-state index contributed by atoms with van der Waals surface area (Å²) in [5.41, 5.74) is 0.701. The van der Waals surface area contributed by atoms with E-state index >= 15 is 0 Å². The summed E-state index contributed by atoms with van der Waals surface area (Å²) in [6, 6.07) is 2.46. The van der Waals surface area contributed by atoms with Crippen LogP contribution in [-0.4, -0.2) is 70.7 Å². The van der Waals surface area contributed by atoms with Crippen molar-refractivity contribution in [3.8, 4) is 5.69 Å². The summed E-state index contributed by atoms with van der Waals surface area (Å²) in [5.74, 6) is -1.27. The van der Waals surface area contributed by atoms with Crippen LogP contribution in [0.1, 0.15) is 12.6 Å². The minimum atomic E-state index is -0.671. The Labute approximate surface area is 172 Å². The highest BCUT2D eigenvalue weighted by molar-refractivity contribution is 7.80. The van der Waals surface area contributed by atoms with Gasteiger partial charge in [-0.15, -0.1) is 5.10 Å². The van der Waals surface area contributed by atoms with Gasteiger partial charge in [-0.2, -0.15) is 0 Å². The number of piperazine rings is 1. The van der Waals surface area contributed by atoms with Crippen molar-refractivity contribution in [2.24, 2.45) is 0 Å². The average Bonchev–Trinajstić information content (AvgIpc) is 3.15. The molecule has 0 spiro atoms. The molecule has 11 heteroatoms. The number of carbonyl (C=O) groups is 1. The van der Waals surface area contributed by atoms with E-state index in [9.17, 15) is 13.6 Å². The summed E-state index contributed by atoms with van der Waals surface area (Å²) in [4.78, 5) is 14.9. The molecular formula is C18H22F2N6O2S. The van der Waals surface area contributed by atoms with Crippen LogP contribution in [0.2, 0.25) is 0 Å². The number of nitrogens with one attached hydrogen (secondary N) is 1. The zero-order valence-electron chi connectivity index (χ0n) is 16.2. The van der Waals surface area contributed by atoms with Crippen molar-refractivity contribution in [3.05, 3.63) is 35.7 Å². The second-order valence-electron chi connectivity index (χ2n) is 6.72. The van der Waals surface area contributed by atoms with Gasteiger partial charge in [0.2, 0.25) is 0 Å². The molecule has 1 aromatic carbocycles. The van der Waals surface area contributed by atoms with Crippen LogP contribution in [-0.2, 0) is 16.1 Å². The smallest absolute Gasteiger partial charge is 0.256 e. The Hall–Kier alpha value is -2.66. The Bertz CT molecular complexity index is 875. The van der Waals surface area contributed by atoms with Gasteiger partial charge < -0.3 is 15.0 Å². The van der Waals surface area contributed by atoms with Crippen LogP contribution in [0.25, 0.3) is 5.69 Å². The fourth-order valence-electron chi connectivity index (χ4n) is 3.17. The molecule has 29 heavy (non-hydrogen) atoms. The molecule has 0 aliphatic carbocycles.